The van der Waals surface area contributed by atoms with Gasteiger partial charge in [-0.1, -0.05) is 84.4 Å². The molecule has 2 aliphatic heterocycles. The smallest absolute Gasteiger partial charge is 0.203 e. The Labute approximate surface area is 251 Å². The van der Waals surface area contributed by atoms with Crippen LogP contribution in [0.15, 0.2) is 130 Å². The van der Waals surface area contributed by atoms with E-state index in [1.54, 1.807) is 0 Å². The van der Waals surface area contributed by atoms with E-state index in [0.29, 0.717) is 0 Å². The summed E-state index contributed by atoms with van der Waals surface area (Å²) in [6.07, 6.45) is 11.9. The van der Waals surface area contributed by atoms with Crippen molar-refractivity contribution in [1.82, 2.24) is 4.58 Å². The lowest BCUT2D eigenvalue weighted by Crippen LogP contribution is -2.72. The van der Waals surface area contributed by atoms with Gasteiger partial charge in [0.05, 0.1) is 11.5 Å². The Morgan fingerprint density at radius 3 is 2.45 bits per heavy atom. The highest BCUT2D eigenvalue weighted by molar-refractivity contribution is 6.32. The molecule has 2 aliphatic carbocycles. The first-order chi connectivity index (χ1) is 20.5. The Hall–Kier alpha value is -4.44. The van der Waals surface area contributed by atoms with Crippen LogP contribution in [-0.2, 0) is 0 Å². The normalized spacial score (nSPS) is 16.9. The lowest BCUT2D eigenvalue weighted by atomic mass is 9.93. The van der Waals surface area contributed by atoms with Gasteiger partial charge in [0.2, 0.25) is 5.36 Å². The van der Waals surface area contributed by atoms with Crippen molar-refractivity contribution in [3.8, 4) is 22.6 Å². The molecule has 0 amide bonds. The van der Waals surface area contributed by atoms with Crippen molar-refractivity contribution in [2.24, 2.45) is 0 Å². The molecular formula is C38H33ClN2O+2. The molecule has 0 bridgehead atoms. The summed E-state index contributed by atoms with van der Waals surface area (Å²) >= 11 is 7.07. The van der Waals surface area contributed by atoms with Crippen LogP contribution in [0, 0.1) is 0 Å². The van der Waals surface area contributed by atoms with Crippen molar-refractivity contribution in [3.63, 3.8) is 0 Å². The molecule has 0 fully saturated rings. The molecule has 2 N–H and O–H groups in total. The van der Waals surface area contributed by atoms with Crippen LogP contribution < -0.4 is 15.2 Å². The van der Waals surface area contributed by atoms with Gasteiger partial charge in [-0.05, 0) is 59.6 Å². The first-order valence-corrected chi connectivity index (χ1v) is 14.9. The molecule has 0 unspecified atom stereocenters. The zero-order chi connectivity index (χ0) is 28.6. The van der Waals surface area contributed by atoms with E-state index in [9.17, 15) is 0 Å². The van der Waals surface area contributed by atoms with Crippen molar-refractivity contribution in [3.05, 3.63) is 142 Å². The second kappa shape index (κ2) is 11.1. The van der Waals surface area contributed by atoms with E-state index < -0.39 is 0 Å². The standard InChI is InChI=1S/C38H31ClN2O/c1-41(2)30-20-21-31-29(23-35(42-36(31)24-30)25-9-4-3-5-10-25)18-17-27-13-6-14-28(38(27)39)19-22-33-32-15-7-11-26-12-8-16-34(40-33)37(26)32/h3-5,7-12,15-24H,6,13-14H2,1-2H3/p+2. The maximum Gasteiger partial charge on any atom is 0.203 e. The second-order valence-corrected chi connectivity index (χ2v) is 11.6. The van der Waals surface area contributed by atoms with Gasteiger partial charge in [0.25, 0.3) is 0 Å². The molecule has 3 aromatic rings. The van der Waals surface area contributed by atoms with Crippen LogP contribution in [-0.4, -0.2) is 14.1 Å². The van der Waals surface area contributed by atoms with Gasteiger partial charge in [-0.15, -0.1) is 0 Å². The molecule has 3 aromatic carbocycles. The van der Waals surface area contributed by atoms with Gasteiger partial charge < -0.3 is 4.42 Å². The molecular weight excluding hydrogens is 536 g/mol. The van der Waals surface area contributed by atoms with Gasteiger partial charge in [-0.2, -0.15) is 0 Å². The summed E-state index contributed by atoms with van der Waals surface area (Å²) in [4.78, 5) is 0. The van der Waals surface area contributed by atoms with E-state index >= 15 is 0 Å². The van der Waals surface area contributed by atoms with Crippen LogP contribution in [0.2, 0.25) is 0 Å². The Balaban J connectivity index is 1.25. The van der Waals surface area contributed by atoms with Gasteiger partial charge in [-0.3, -0.25) is 5.32 Å². The number of halogens is 1. The maximum atomic E-state index is 7.07. The molecule has 2 heterocycles. The molecule has 0 atom stereocenters. The van der Waals surface area contributed by atoms with Crippen molar-refractivity contribution in [2.45, 2.75) is 19.3 Å². The lowest BCUT2D eigenvalue weighted by molar-refractivity contribution is -0.463. The SMILES string of the molecule is C[N+](C)=c1ccc2c(/C=C/C3=C(Cl)C(=C/C=C4/[NH2+]c5cccc6cccc4c56)/CCC3)cc(-c3ccccc3)oc-2c1. The molecule has 0 aromatic heterocycles. The van der Waals surface area contributed by atoms with Gasteiger partial charge in [0.15, 0.2) is 0 Å². The summed E-state index contributed by atoms with van der Waals surface area (Å²) in [5.41, 5.74) is 9.44. The van der Waals surface area contributed by atoms with Crippen LogP contribution >= 0.6 is 11.6 Å². The highest BCUT2D eigenvalue weighted by atomic mass is 35.5. The number of allylic oxidation sites excluding steroid dienone is 6. The minimum Gasteiger partial charge on any atom is -0.456 e. The Morgan fingerprint density at radius 2 is 1.62 bits per heavy atom. The quantitative estimate of drug-likeness (QED) is 0.172. The van der Waals surface area contributed by atoms with Crippen molar-refractivity contribution >= 4 is 39.8 Å². The van der Waals surface area contributed by atoms with Crippen LogP contribution in [0.25, 0.3) is 45.2 Å². The summed E-state index contributed by atoms with van der Waals surface area (Å²) in [5, 5.41) is 6.88. The Bertz CT molecular complexity index is 2000. The van der Waals surface area contributed by atoms with E-state index in [1.165, 1.54) is 38.9 Å². The minimum atomic E-state index is 0.846. The van der Waals surface area contributed by atoms with Crippen LogP contribution in [0.5, 0.6) is 0 Å². The average Bonchev–Trinajstić information content (AvgIpc) is 3.39. The molecule has 0 saturated carbocycles. The van der Waals surface area contributed by atoms with Gasteiger partial charge in [0.1, 0.15) is 37.0 Å². The maximum absolute atomic E-state index is 7.07. The summed E-state index contributed by atoms with van der Waals surface area (Å²) in [6, 6.07) is 31.9. The molecule has 4 aliphatic rings. The predicted molar refractivity (Wildman–Crippen MR) is 175 cm³/mol. The molecule has 0 saturated heterocycles. The number of benzene rings is 4. The molecule has 42 heavy (non-hydrogen) atoms. The fraction of sp³-hybridized carbons (Fsp3) is 0.132. The fourth-order valence-corrected chi connectivity index (χ4v) is 6.38. The van der Waals surface area contributed by atoms with Crippen LogP contribution in [0.3, 0.4) is 0 Å². The number of nitrogens with zero attached hydrogens (tertiary/aromatic N) is 1. The number of hydrogen-bond acceptors (Lipinski definition) is 1. The minimum absolute atomic E-state index is 0.846. The van der Waals surface area contributed by atoms with E-state index in [2.05, 4.69) is 107 Å². The molecule has 0 radical (unpaired) electrons. The number of quaternary nitrogens is 1. The predicted octanol–water partition coefficient (Wildman–Crippen LogP) is 8.10. The zero-order valence-corrected chi connectivity index (χ0v) is 24.7. The second-order valence-electron chi connectivity index (χ2n) is 11.2. The van der Waals surface area contributed by atoms with Crippen molar-refractivity contribution in [1.29, 1.82) is 0 Å². The van der Waals surface area contributed by atoms with E-state index in [-0.39, 0.29) is 0 Å². The zero-order valence-electron chi connectivity index (χ0n) is 23.9. The summed E-state index contributed by atoms with van der Waals surface area (Å²) in [5.74, 6) is 1.71. The molecule has 206 valence electrons. The van der Waals surface area contributed by atoms with Crippen LogP contribution in [0.4, 0.5) is 5.69 Å². The van der Waals surface area contributed by atoms with E-state index in [4.69, 9.17) is 16.0 Å². The summed E-state index contributed by atoms with van der Waals surface area (Å²) in [6.45, 7) is 0. The monoisotopic (exact) mass is 568 g/mol. The topological polar surface area (TPSA) is 32.8 Å². The number of nitrogens with two attached hydrogens (primary N) is 1. The summed E-state index contributed by atoms with van der Waals surface area (Å²) < 4.78 is 8.51. The molecule has 7 rings (SSSR count). The van der Waals surface area contributed by atoms with Crippen LogP contribution in [0.1, 0.15) is 30.4 Å². The highest BCUT2D eigenvalue weighted by Gasteiger charge is 2.23. The Morgan fingerprint density at radius 1 is 0.786 bits per heavy atom. The molecule has 4 heteroatoms. The van der Waals surface area contributed by atoms with Crippen molar-refractivity contribution in [2.75, 3.05) is 14.1 Å². The number of rotatable bonds is 4. The third-order valence-electron chi connectivity index (χ3n) is 8.30. The molecule has 3 nitrogen and oxygen atoms in total. The molecule has 0 spiro atoms. The first-order valence-electron chi connectivity index (χ1n) is 14.5. The highest BCUT2D eigenvalue weighted by Crippen LogP contribution is 2.37. The average molecular weight is 569 g/mol. The number of hydrogen-bond donors (Lipinski definition) is 1. The largest absolute Gasteiger partial charge is 0.456 e. The van der Waals surface area contributed by atoms with Gasteiger partial charge in [0, 0.05) is 39.9 Å². The number of fused-ring (bicyclic) bond motifs is 1. The summed E-state index contributed by atoms with van der Waals surface area (Å²) in [7, 11) is 4.09. The van der Waals surface area contributed by atoms with E-state index in [0.717, 1.165) is 57.9 Å². The lowest BCUT2D eigenvalue weighted by Gasteiger charge is -2.17. The third-order valence-corrected chi connectivity index (χ3v) is 8.79. The van der Waals surface area contributed by atoms with Crippen molar-refractivity contribution < 1.29 is 9.73 Å². The van der Waals surface area contributed by atoms with Gasteiger partial charge in [-0.25, -0.2) is 4.58 Å². The van der Waals surface area contributed by atoms with E-state index in [1.807, 2.05) is 32.3 Å². The first kappa shape index (κ1) is 26.5. The van der Waals surface area contributed by atoms with Gasteiger partial charge >= 0.3 is 0 Å². The fourth-order valence-electron chi connectivity index (χ4n) is 6.06. The third kappa shape index (κ3) is 4.96. The Kier molecular flexibility index (Phi) is 6.99.